The van der Waals surface area contributed by atoms with Crippen LogP contribution in [0.1, 0.15) is 18.9 Å². The molecule has 0 atom stereocenters. The van der Waals surface area contributed by atoms with E-state index in [9.17, 15) is 4.79 Å². The van der Waals surface area contributed by atoms with Crippen molar-refractivity contribution in [2.45, 2.75) is 20.3 Å². The minimum Gasteiger partial charge on any atom is -0.302 e. The molecule has 0 aliphatic rings. The predicted octanol–water partition coefficient (Wildman–Crippen LogP) is 5.13. The zero-order chi connectivity index (χ0) is 16.2. The number of nitrogens with one attached hydrogen (secondary N) is 1. The van der Waals surface area contributed by atoms with Gasteiger partial charge in [0.2, 0.25) is 5.91 Å². The molecule has 1 heterocycles. The monoisotopic (exact) mass is 322 g/mol. The number of carbonyl (C=O) groups excluding carboxylic acids is 1. The molecule has 3 rings (SSSR count). The highest BCUT2D eigenvalue weighted by molar-refractivity contribution is 7.19. The molecule has 23 heavy (non-hydrogen) atoms. The Kier molecular flexibility index (Phi) is 4.53. The Labute approximate surface area is 140 Å². The first-order valence-corrected chi connectivity index (χ1v) is 8.42. The van der Waals surface area contributed by atoms with Gasteiger partial charge in [0.15, 0.2) is 5.13 Å². The SMILES string of the molecule is CCC(=O)Nc1nc(-c2ccc(C)cc2)c(-c2ccccc2)s1. The molecule has 116 valence electrons. The Hall–Kier alpha value is -2.46. The number of rotatable bonds is 4. The third-order valence-electron chi connectivity index (χ3n) is 3.56. The summed E-state index contributed by atoms with van der Waals surface area (Å²) in [6.45, 7) is 3.90. The highest BCUT2D eigenvalue weighted by Crippen LogP contribution is 2.39. The number of anilines is 1. The number of hydrogen-bond donors (Lipinski definition) is 1. The smallest absolute Gasteiger partial charge is 0.225 e. The minimum absolute atomic E-state index is 0.0196. The van der Waals surface area contributed by atoms with E-state index in [1.807, 2.05) is 25.1 Å². The second kappa shape index (κ2) is 6.75. The van der Waals surface area contributed by atoms with E-state index in [2.05, 4.69) is 53.6 Å². The van der Waals surface area contributed by atoms with Crippen molar-refractivity contribution in [3.8, 4) is 21.7 Å². The number of aromatic nitrogens is 1. The first-order valence-electron chi connectivity index (χ1n) is 7.60. The Balaban J connectivity index is 2.08. The Bertz CT molecular complexity index is 807. The Morgan fingerprint density at radius 2 is 1.74 bits per heavy atom. The van der Waals surface area contributed by atoms with Gasteiger partial charge < -0.3 is 5.32 Å². The largest absolute Gasteiger partial charge is 0.302 e. The fourth-order valence-electron chi connectivity index (χ4n) is 2.27. The summed E-state index contributed by atoms with van der Waals surface area (Å²) < 4.78 is 0. The summed E-state index contributed by atoms with van der Waals surface area (Å²) in [5.74, 6) is -0.0196. The van der Waals surface area contributed by atoms with Gasteiger partial charge in [-0.2, -0.15) is 0 Å². The minimum atomic E-state index is -0.0196. The van der Waals surface area contributed by atoms with Gasteiger partial charge in [-0.3, -0.25) is 4.79 Å². The number of hydrogen-bond acceptors (Lipinski definition) is 3. The summed E-state index contributed by atoms with van der Waals surface area (Å²) in [6.07, 6.45) is 0.445. The maximum atomic E-state index is 11.7. The highest BCUT2D eigenvalue weighted by Gasteiger charge is 2.15. The molecule has 0 unspecified atom stereocenters. The highest BCUT2D eigenvalue weighted by atomic mass is 32.1. The van der Waals surface area contributed by atoms with Gasteiger partial charge >= 0.3 is 0 Å². The summed E-state index contributed by atoms with van der Waals surface area (Å²) in [6, 6.07) is 18.5. The third kappa shape index (κ3) is 3.48. The second-order valence-electron chi connectivity index (χ2n) is 5.33. The standard InChI is InChI=1S/C19H18N2OS/c1-3-16(22)20-19-21-17(14-11-9-13(2)10-12-14)18(23-19)15-7-5-4-6-8-15/h4-12H,3H2,1-2H3,(H,20,21,22). The number of nitrogens with zero attached hydrogens (tertiary/aromatic N) is 1. The fraction of sp³-hybridized carbons (Fsp3) is 0.158. The molecular weight excluding hydrogens is 304 g/mol. The van der Waals surface area contributed by atoms with Gasteiger partial charge in [0.25, 0.3) is 0 Å². The van der Waals surface area contributed by atoms with Crippen LogP contribution in [0, 0.1) is 6.92 Å². The van der Waals surface area contributed by atoms with Crippen molar-refractivity contribution in [1.29, 1.82) is 0 Å². The summed E-state index contributed by atoms with van der Waals surface area (Å²) >= 11 is 1.51. The van der Waals surface area contributed by atoms with Gasteiger partial charge in [0, 0.05) is 12.0 Å². The van der Waals surface area contributed by atoms with Gasteiger partial charge in [0.05, 0.1) is 10.6 Å². The lowest BCUT2D eigenvalue weighted by molar-refractivity contribution is -0.115. The average Bonchev–Trinajstić information content (AvgIpc) is 3.00. The van der Waals surface area contributed by atoms with Crippen LogP contribution in [0.5, 0.6) is 0 Å². The van der Waals surface area contributed by atoms with Gasteiger partial charge in [-0.15, -0.1) is 0 Å². The van der Waals surface area contributed by atoms with E-state index in [0.29, 0.717) is 11.6 Å². The fourth-order valence-corrected chi connectivity index (χ4v) is 3.28. The maximum Gasteiger partial charge on any atom is 0.225 e. The van der Waals surface area contributed by atoms with Crippen molar-refractivity contribution in [2.24, 2.45) is 0 Å². The molecule has 1 amide bonds. The molecule has 1 aromatic heterocycles. The van der Waals surface area contributed by atoms with Crippen LogP contribution in [-0.2, 0) is 4.79 Å². The maximum absolute atomic E-state index is 11.7. The van der Waals surface area contributed by atoms with Crippen molar-refractivity contribution in [2.75, 3.05) is 5.32 Å². The molecule has 3 aromatic rings. The number of benzene rings is 2. The zero-order valence-electron chi connectivity index (χ0n) is 13.2. The first-order chi connectivity index (χ1) is 11.2. The van der Waals surface area contributed by atoms with Gasteiger partial charge in [-0.05, 0) is 12.5 Å². The third-order valence-corrected chi connectivity index (χ3v) is 4.58. The molecule has 0 bridgehead atoms. The van der Waals surface area contributed by atoms with E-state index in [4.69, 9.17) is 0 Å². The van der Waals surface area contributed by atoms with E-state index in [-0.39, 0.29) is 5.91 Å². The molecule has 4 heteroatoms. The van der Waals surface area contributed by atoms with E-state index >= 15 is 0 Å². The predicted molar refractivity (Wildman–Crippen MR) is 96.6 cm³/mol. The molecule has 0 aliphatic heterocycles. The molecule has 1 N–H and O–H groups in total. The summed E-state index contributed by atoms with van der Waals surface area (Å²) in [7, 11) is 0. The molecule has 0 saturated carbocycles. The first kappa shape index (κ1) is 15.4. The number of aryl methyl sites for hydroxylation is 1. The topological polar surface area (TPSA) is 42.0 Å². The van der Waals surface area contributed by atoms with E-state index < -0.39 is 0 Å². The van der Waals surface area contributed by atoms with Crippen LogP contribution in [0.2, 0.25) is 0 Å². The van der Waals surface area contributed by atoms with Crippen molar-refractivity contribution in [3.05, 3.63) is 60.2 Å². The zero-order valence-corrected chi connectivity index (χ0v) is 14.0. The van der Waals surface area contributed by atoms with Gasteiger partial charge in [-0.25, -0.2) is 4.98 Å². The number of carbonyl (C=O) groups is 1. The molecule has 0 radical (unpaired) electrons. The summed E-state index contributed by atoms with van der Waals surface area (Å²) in [5.41, 5.74) is 4.29. The molecule has 0 aliphatic carbocycles. The molecule has 0 fully saturated rings. The lowest BCUT2D eigenvalue weighted by Crippen LogP contribution is -2.08. The van der Waals surface area contributed by atoms with Crippen molar-refractivity contribution in [1.82, 2.24) is 4.98 Å². The van der Waals surface area contributed by atoms with E-state index in [1.165, 1.54) is 16.9 Å². The second-order valence-corrected chi connectivity index (χ2v) is 6.33. The van der Waals surface area contributed by atoms with Crippen molar-refractivity contribution in [3.63, 3.8) is 0 Å². The van der Waals surface area contributed by atoms with Crippen LogP contribution in [0.3, 0.4) is 0 Å². The van der Waals surface area contributed by atoms with Crippen LogP contribution in [0.15, 0.2) is 54.6 Å². The molecule has 0 saturated heterocycles. The normalized spacial score (nSPS) is 10.5. The van der Waals surface area contributed by atoms with Crippen molar-refractivity contribution >= 4 is 22.4 Å². The van der Waals surface area contributed by atoms with Crippen LogP contribution in [0.4, 0.5) is 5.13 Å². The summed E-state index contributed by atoms with van der Waals surface area (Å²) in [4.78, 5) is 17.4. The van der Waals surface area contributed by atoms with Gasteiger partial charge in [-0.1, -0.05) is 78.4 Å². The average molecular weight is 322 g/mol. The van der Waals surface area contributed by atoms with Crippen LogP contribution in [0.25, 0.3) is 21.7 Å². The van der Waals surface area contributed by atoms with Crippen LogP contribution in [-0.4, -0.2) is 10.9 Å². The number of amides is 1. The van der Waals surface area contributed by atoms with E-state index in [0.717, 1.165) is 21.7 Å². The van der Waals surface area contributed by atoms with E-state index in [1.54, 1.807) is 0 Å². The lowest BCUT2D eigenvalue weighted by Gasteiger charge is -2.03. The molecule has 0 spiro atoms. The quantitative estimate of drug-likeness (QED) is 0.723. The lowest BCUT2D eigenvalue weighted by atomic mass is 10.1. The summed E-state index contributed by atoms with van der Waals surface area (Å²) in [5, 5.41) is 3.52. The Morgan fingerprint density at radius 3 is 2.39 bits per heavy atom. The van der Waals surface area contributed by atoms with Crippen molar-refractivity contribution < 1.29 is 4.79 Å². The molecular formula is C19H18N2OS. The molecule has 3 nitrogen and oxygen atoms in total. The van der Waals surface area contributed by atoms with Crippen LogP contribution >= 0.6 is 11.3 Å². The molecule has 2 aromatic carbocycles. The Morgan fingerprint density at radius 1 is 1.04 bits per heavy atom. The van der Waals surface area contributed by atoms with Gasteiger partial charge in [0.1, 0.15) is 0 Å². The number of thiazole rings is 1. The van der Waals surface area contributed by atoms with Crippen LogP contribution < -0.4 is 5.32 Å².